The highest BCUT2D eigenvalue weighted by Gasteiger charge is 2.28. The van der Waals surface area contributed by atoms with Crippen LogP contribution in [0.1, 0.15) is 17.5 Å². The number of nitrogens with zero attached hydrogens (tertiary/aromatic N) is 2. The van der Waals surface area contributed by atoms with Crippen LogP contribution in [0.15, 0.2) is 42.5 Å². The molecule has 3 rings (SSSR count). The normalized spacial score (nSPS) is 13.9. The Kier molecular flexibility index (Phi) is 3.58. The summed E-state index contributed by atoms with van der Waals surface area (Å²) in [5.41, 5.74) is 1.42. The van der Waals surface area contributed by atoms with Gasteiger partial charge in [0.05, 0.1) is 17.2 Å². The van der Waals surface area contributed by atoms with Crippen LogP contribution in [0.4, 0.5) is 15.8 Å². The van der Waals surface area contributed by atoms with Crippen LogP contribution in [0.25, 0.3) is 0 Å². The summed E-state index contributed by atoms with van der Waals surface area (Å²) in [6.45, 7) is 0.323. The second-order valence-electron chi connectivity index (χ2n) is 5.15. The Balaban J connectivity index is 2.01. The summed E-state index contributed by atoms with van der Waals surface area (Å²) in [6, 6.07) is 11.7. The van der Waals surface area contributed by atoms with Gasteiger partial charge in [-0.3, -0.25) is 14.9 Å². The Morgan fingerprint density at radius 3 is 2.59 bits per heavy atom. The van der Waals surface area contributed by atoms with Gasteiger partial charge in [0, 0.05) is 18.6 Å². The Hall–Kier alpha value is -2.76. The fraction of sp³-hybridized carbons (Fsp3) is 0.188. The molecule has 0 radical (unpaired) electrons. The molecule has 2 aromatic rings. The van der Waals surface area contributed by atoms with E-state index in [1.54, 1.807) is 0 Å². The summed E-state index contributed by atoms with van der Waals surface area (Å²) in [4.78, 5) is 23.7. The molecule has 0 spiro atoms. The molecule has 6 heteroatoms. The van der Waals surface area contributed by atoms with Crippen LogP contribution in [0.2, 0.25) is 0 Å². The highest BCUT2D eigenvalue weighted by molar-refractivity contribution is 5.96. The summed E-state index contributed by atoms with van der Waals surface area (Å²) in [7, 11) is 0. The number of carbonyl (C=O) groups excluding carboxylic acids is 1. The Bertz CT molecular complexity index is 747. The molecule has 1 aliphatic heterocycles. The third-order valence-corrected chi connectivity index (χ3v) is 3.73. The van der Waals surface area contributed by atoms with Gasteiger partial charge in [0.2, 0.25) is 11.7 Å². The Morgan fingerprint density at radius 1 is 1.18 bits per heavy atom. The van der Waals surface area contributed by atoms with Gasteiger partial charge < -0.3 is 4.90 Å². The lowest BCUT2D eigenvalue weighted by Gasteiger charge is -2.29. The van der Waals surface area contributed by atoms with Crippen LogP contribution in [0, 0.1) is 15.9 Å². The molecule has 5 nitrogen and oxygen atoms in total. The molecule has 1 aliphatic rings. The number of aryl methyl sites for hydroxylation is 1. The molecule has 112 valence electrons. The monoisotopic (exact) mass is 300 g/mol. The number of anilines is 1. The van der Waals surface area contributed by atoms with Crippen molar-refractivity contribution in [2.24, 2.45) is 0 Å². The fourth-order valence-electron chi connectivity index (χ4n) is 2.64. The van der Waals surface area contributed by atoms with Crippen LogP contribution in [0.5, 0.6) is 0 Å². The van der Waals surface area contributed by atoms with E-state index < -0.39 is 16.4 Å². The minimum absolute atomic E-state index is 0.107. The summed E-state index contributed by atoms with van der Waals surface area (Å²) in [6.07, 6.45) is 0.656. The summed E-state index contributed by atoms with van der Waals surface area (Å²) >= 11 is 0. The number of rotatable bonds is 3. The molecule has 0 N–H and O–H groups in total. The first-order chi connectivity index (χ1) is 10.6. The summed E-state index contributed by atoms with van der Waals surface area (Å²) in [5.74, 6) is -1.03. The average Bonchev–Trinajstić information content (AvgIpc) is 2.51. The smallest absolute Gasteiger partial charge is 0.305 e. The van der Waals surface area contributed by atoms with E-state index in [0.29, 0.717) is 24.2 Å². The minimum Gasteiger partial charge on any atom is -0.308 e. The number of fused-ring (bicyclic) bond motifs is 1. The van der Waals surface area contributed by atoms with Crippen LogP contribution in [0.3, 0.4) is 0 Å². The first-order valence-corrected chi connectivity index (χ1v) is 6.87. The summed E-state index contributed by atoms with van der Waals surface area (Å²) < 4.78 is 13.9. The zero-order valence-electron chi connectivity index (χ0n) is 11.7. The molecule has 0 atom stereocenters. The molecule has 0 aromatic heterocycles. The summed E-state index contributed by atoms with van der Waals surface area (Å²) in [5, 5.41) is 10.8. The van der Waals surface area contributed by atoms with Crippen molar-refractivity contribution in [2.45, 2.75) is 19.4 Å². The van der Waals surface area contributed by atoms with Gasteiger partial charge in [-0.1, -0.05) is 30.3 Å². The van der Waals surface area contributed by atoms with Crippen LogP contribution < -0.4 is 4.90 Å². The molecule has 0 unspecified atom stereocenters. The number of nitro benzene ring substituents is 1. The first-order valence-electron chi connectivity index (χ1n) is 6.87. The second kappa shape index (κ2) is 5.55. The van der Waals surface area contributed by atoms with Crippen molar-refractivity contribution >= 4 is 17.3 Å². The van der Waals surface area contributed by atoms with Crippen molar-refractivity contribution in [1.82, 2.24) is 0 Å². The van der Waals surface area contributed by atoms with E-state index in [0.717, 1.165) is 11.6 Å². The van der Waals surface area contributed by atoms with Gasteiger partial charge in [0.15, 0.2) is 0 Å². The van der Waals surface area contributed by atoms with Crippen molar-refractivity contribution in [3.8, 4) is 0 Å². The maximum absolute atomic E-state index is 13.9. The zero-order valence-corrected chi connectivity index (χ0v) is 11.7. The highest BCUT2D eigenvalue weighted by Crippen LogP contribution is 2.34. The molecule has 0 fully saturated rings. The largest absolute Gasteiger partial charge is 0.308 e. The zero-order chi connectivity index (χ0) is 15.7. The van der Waals surface area contributed by atoms with Crippen molar-refractivity contribution in [3.05, 3.63) is 69.5 Å². The maximum Gasteiger partial charge on any atom is 0.305 e. The Morgan fingerprint density at radius 2 is 1.91 bits per heavy atom. The van der Waals surface area contributed by atoms with Crippen molar-refractivity contribution in [2.75, 3.05) is 4.90 Å². The molecule has 1 amide bonds. The Labute approximate surface area is 126 Å². The molecule has 22 heavy (non-hydrogen) atoms. The minimum atomic E-state index is -0.920. The van der Waals surface area contributed by atoms with Crippen LogP contribution in [-0.2, 0) is 17.8 Å². The second-order valence-corrected chi connectivity index (χ2v) is 5.15. The number of hydrogen-bond acceptors (Lipinski definition) is 3. The highest BCUT2D eigenvalue weighted by atomic mass is 19.1. The SMILES string of the molecule is O=C1CCc2cc([N+](=O)[O-])c(F)cc2N1Cc1ccccc1. The maximum atomic E-state index is 13.9. The lowest BCUT2D eigenvalue weighted by molar-refractivity contribution is -0.387. The van der Waals surface area contributed by atoms with Crippen molar-refractivity contribution in [3.63, 3.8) is 0 Å². The van der Waals surface area contributed by atoms with E-state index in [1.165, 1.54) is 11.0 Å². The van der Waals surface area contributed by atoms with Crippen LogP contribution in [-0.4, -0.2) is 10.8 Å². The van der Waals surface area contributed by atoms with E-state index in [-0.39, 0.29) is 12.3 Å². The van der Waals surface area contributed by atoms with Gasteiger partial charge in [-0.05, 0) is 17.5 Å². The molecule has 2 aromatic carbocycles. The van der Waals surface area contributed by atoms with E-state index in [2.05, 4.69) is 0 Å². The number of amides is 1. The fourth-order valence-corrected chi connectivity index (χ4v) is 2.64. The number of halogens is 1. The van der Waals surface area contributed by atoms with E-state index in [9.17, 15) is 19.3 Å². The first kappa shape index (κ1) is 14.2. The van der Waals surface area contributed by atoms with E-state index in [4.69, 9.17) is 0 Å². The van der Waals surface area contributed by atoms with Crippen LogP contribution >= 0.6 is 0 Å². The number of benzene rings is 2. The third kappa shape index (κ3) is 2.55. The molecular weight excluding hydrogens is 287 g/mol. The number of hydrogen-bond donors (Lipinski definition) is 0. The van der Waals surface area contributed by atoms with Gasteiger partial charge in [-0.2, -0.15) is 4.39 Å². The predicted molar refractivity (Wildman–Crippen MR) is 79.0 cm³/mol. The topological polar surface area (TPSA) is 63.4 Å². The van der Waals surface area contributed by atoms with Crippen molar-refractivity contribution in [1.29, 1.82) is 0 Å². The quantitative estimate of drug-likeness (QED) is 0.646. The number of nitro groups is 1. The molecular formula is C16H13FN2O3. The van der Waals surface area contributed by atoms with Gasteiger partial charge in [0.25, 0.3) is 0 Å². The van der Waals surface area contributed by atoms with Gasteiger partial charge >= 0.3 is 5.69 Å². The molecule has 0 saturated carbocycles. The van der Waals surface area contributed by atoms with Gasteiger partial charge in [-0.25, -0.2) is 0 Å². The lowest BCUT2D eigenvalue weighted by atomic mass is 9.99. The van der Waals surface area contributed by atoms with Gasteiger partial charge in [0.1, 0.15) is 0 Å². The van der Waals surface area contributed by atoms with E-state index >= 15 is 0 Å². The van der Waals surface area contributed by atoms with Crippen molar-refractivity contribution < 1.29 is 14.1 Å². The molecule has 0 saturated heterocycles. The average molecular weight is 300 g/mol. The number of carbonyl (C=O) groups is 1. The van der Waals surface area contributed by atoms with E-state index in [1.807, 2.05) is 30.3 Å². The predicted octanol–water partition coefficient (Wildman–Crippen LogP) is 3.21. The standard InChI is InChI=1S/C16H13FN2O3/c17-13-9-14-12(8-15(13)19(21)22)6-7-16(20)18(14)10-11-4-2-1-3-5-11/h1-5,8-9H,6-7,10H2. The molecule has 0 aliphatic carbocycles. The molecule has 0 bridgehead atoms. The molecule has 1 heterocycles. The van der Waals surface area contributed by atoms with Gasteiger partial charge in [-0.15, -0.1) is 0 Å². The third-order valence-electron chi connectivity index (χ3n) is 3.73. The lowest BCUT2D eigenvalue weighted by Crippen LogP contribution is -2.34.